The Morgan fingerprint density at radius 1 is 1.20 bits per heavy atom. The Kier molecular flexibility index (Phi) is 6.57. The summed E-state index contributed by atoms with van der Waals surface area (Å²) in [7, 11) is -3.71. The summed E-state index contributed by atoms with van der Waals surface area (Å²) in [5.74, 6) is 0.0866. The number of sulfonamides is 1. The van der Waals surface area contributed by atoms with Gasteiger partial charge in [-0.25, -0.2) is 13.1 Å². The molecule has 7 nitrogen and oxygen atoms in total. The van der Waals surface area contributed by atoms with Gasteiger partial charge in [0.1, 0.15) is 10.6 Å². The van der Waals surface area contributed by atoms with E-state index in [4.69, 9.17) is 16.1 Å². The van der Waals surface area contributed by atoms with Crippen molar-refractivity contribution in [2.24, 2.45) is 0 Å². The van der Waals surface area contributed by atoms with Crippen molar-refractivity contribution < 1.29 is 17.7 Å². The van der Waals surface area contributed by atoms with Crippen molar-refractivity contribution in [3.63, 3.8) is 0 Å². The van der Waals surface area contributed by atoms with Gasteiger partial charge in [0.2, 0.25) is 15.9 Å². The Balaban J connectivity index is 1.73. The molecule has 0 fully saturated rings. The highest BCUT2D eigenvalue weighted by atomic mass is 35.5. The fourth-order valence-electron chi connectivity index (χ4n) is 2.32. The topological polar surface area (TPSA) is 101 Å². The maximum atomic E-state index is 12.2. The fourth-order valence-corrected chi connectivity index (χ4v) is 3.80. The molecular formula is C16H20ClN3O4S. The number of rotatable bonds is 8. The Hall–Kier alpha value is -1.90. The molecule has 1 amide bonds. The zero-order chi connectivity index (χ0) is 18.4. The summed E-state index contributed by atoms with van der Waals surface area (Å²) in [6.07, 6.45) is 0.909. The molecule has 0 aliphatic rings. The van der Waals surface area contributed by atoms with E-state index in [1.54, 1.807) is 19.1 Å². The van der Waals surface area contributed by atoms with Gasteiger partial charge >= 0.3 is 0 Å². The van der Waals surface area contributed by atoms with Crippen molar-refractivity contribution in [3.05, 3.63) is 46.3 Å². The molecule has 1 heterocycles. The number of nitrogens with zero attached hydrogens (tertiary/aromatic N) is 1. The fraction of sp³-hybridized carbons (Fsp3) is 0.375. The van der Waals surface area contributed by atoms with Crippen LogP contribution in [0, 0.1) is 13.8 Å². The lowest BCUT2D eigenvalue weighted by molar-refractivity contribution is -0.121. The second-order valence-corrected chi connectivity index (χ2v) is 7.67. The minimum absolute atomic E-state index is 0.0431. The highest BCUT2D eigenvalue weighted by molar-refractivity contribution is 7.89. The third kappa shape index (κ3) is 5.55. The third-order valence-electron chi connectivity index (χ3n) is 3.53. The lowest BCUT2D eigenvalue weighted by Crippen LogP contribution is -2.35. The molecule has 2 N–H and O–H groups in total. The van der Waals surface area contributed by atoms with Crippen LogP contribution in [0.15, 0.2) is 33.7 Å². The second-order valence-electron chi connectivity index (χ2n) is 5.53. The number of carbonyl (C=O) groups is 1. The van der Waals surface area contributed by atoms with Crippen LogP contribution in [0.4, 0.5) is 0 Å². The van der Waals surface area contributed by atoms with Crippen molar-refractivity contribution in [3.8, 4) is 0 Å². The first kappa shape index (κ1) is 19.4. The number of carbonyl (C=O) groups excluding carboxylic acids is 1. The van der Waals surface area contributed by atoms with E-state index in [9.17, 15) is 13.2 Å². The molecule has 0 aliphatic carbocycles. The van der Waals surface area contributed by atoms with Gasteiger partial charge in [-0.05, 0) is 38.0 Å². The SMILES string of the molecule is Cc1noc(C)c1S(=O)(=O)NCCNC(=O)CCc1ccc(Cl)cc1. The Morgan fingerprint density at radius 2 is 1.88 bits per heavy atom. The number of benzene rings is 1. The molecule has 1 aromatic heterocycles. The van der Waals surface area contributed by atoms with Crippen molar-refractivity contribution >= 4 is 27.5 Å². The number of hydrogen-bond acceptors (Lipinski definition) is 5. The molecule has 1 aromatic carbocycles. The summed E-state index contributed by atoms with van der Waals surface area (Å²) in [4.78, 5) is 11.8. The number of halogens is 1. The largest absolute Gasteiger partial charge is 0.360 e. The standard InChI is InChI=1S/C16H20ClN3O4S/c1-11-16(12(2)24-20-11)25(22,23)19-10-9-18-15(21)8-5-13-3-6-14(17)7-4-13/h3-4,6-7,19H,5,8-10H2,1-2H3,(H,18,21). The maximum absolute atomic E-state index is 12.2. The van der Waals surface area contributed by atoms with Crippen LogP contribution >= 0.6 is 11.6 Å². The van der Waals surface area contributed by atoms with Crippen LogP contribution in [0.5, 0.6) is 0 Å². The smallest absolute Gasteiger partial charge is 0.246 e. The van der Waals surface area contributed by atoms with E-state index in [2.05, 4.69) is 15.2 Å². The molecule has 0 atom stereocenters. The molecule has 2 rings (SSSR count). The second kappa shape index (κ2) is 8.46. The first-order valence-corrected chi connectivity index (χ1v) is 9.59. The zero-order valence-electron chi connectivity index (χ0n) is 14.0. The van der Waals surface area contributed by atoms with Gasteiger partial charge in [0.15, 0.2) is 5.76 Å². The van der Waals surface area contributed by atoms with E-state index in [-0.39, 0.29) is 29.7 Å². The Labute approximate surface area is 151 Å². The summed E-state index contributed by atoms with van der Waals surface area (Å²) in [5.41, 5.74) is 1.32. The summed E-state index contributed by atoms with van der Waals surface area (Å²) in [5, 5.41) is 6.96. The van der Waals surface area contributed by atoms with Crippen molar-refractivity contribution in [1.82, 2.24) is 15.2 Å². The predicted octanol–water partition coefficient (Wildman–Crippen LogP) is 1.97. The minimum Gasteiger partial charge on any atom is -0.360 e. The summed E-state index contributed by atoms with van der Waals surface area (Å²) < 4.78 is 31.6. The van der Waals surface area contributed by atoms with Gasteiger partial charge < -0.3 is 9.84 Å². The molecule has 0 bridgehead atoms. The molecule has 25 heavy (non-hydrogen) atoms. The molecule has 0 aliphatic heterocycles. The van der Waals surface area contributed by atoms with Gasteiger partial charge in [0.25, 0.3) is 0 Å². The molecule has 0 radical (unpaired) electrons. The lowest BCUT2D eigenvalue weighted by Gasteiger charge is -2.08. The number of nitrogens with one attached hydrogen (secondary N) is 2. The van der Waals surface area contributed by atoms with E-state index in [0.29, 0.717) is 23.6 Å². The minimum atomic E-state index is -3.71. The van der Waals surface area contributed by atoms with Crippen LogP contribution in [0.2, 0.25) is 5.02 Å². The van der Waals surface area contributed by atoms with Gasteiger partial charge in [-0.3, -0.25) is 4.79 Å². The first-order chi connectivity index (χ1) is 11.8. The quantitative estimate of drug-likeness (QED) is 0.676. The molecule has 136 valence electrons. The van der Waals surface area contributed by atoms with Crippen LogP contribution in [-0.4, -0.2) is 32.6 Å². The van der Waals surface area contributed by atoms with E-state index >= 15 is 0 Å². The van der Waals surface area contributed by atoms with Crippen molar-refractivity contribution in [1.29, 1.82) is 0 Å². The highest BCUT2D eigenvalue weighted by Crippen LogP contribution is 2.18. The third-order valence-corrected chi connectivity index (χ3v) is 5.49. The van der Waals surface area contributed by atoms with Gasteiger partial charge in [0, 0.05) is 24.5 Å². The molecule has 0 unspecified atom stereocenters. The summed E-state index contributed by atoms with van der Waals surface area (Å²) >= 11 is 5.81. The number of aryl methyl sites for hydroxylation is 3. The maximum Gasteiger partial charge on any atom is 0.246 e. The van der Waals surface area contributed by atoms with Gasteiger partial charge in [-0.1, -0.05) is 28.9 Å². The van der Waals surface area contributed by atoms with Crippen molar-refractivity contribution in [2.45, 2.75) is 31.6 Å². The van der Waals surface area contributed by atoms with Gasteiger partial charge in [-0.2, -0.15) is 0 Å². The average Bonchev–Trinajstić information content (AvgIpc) is 2.90. The number of hydrogen-bond donors (Lipinski definition) is 2. The Morgan fingerprint density at radius 3 is 2.48 bits per heavy atom. The molecule has 0 saturated carbocycles. The van der Waals surface area contributed by atoms with Crippen LogP contribution in [0.3, 0.4) is 0 Å². The average molecular weight is 386 g/mol. The predicted molar refractivity (Wildman–Crippen MR) is 93.9 cm³/mol. The number of amides is 1. The highest BCUT2D eigenvalue weighted by Gasteiger charge is 2.23. The zero-order valence-corrected chi connectivity index (χ0v) is 15.6. The van der Waals surface area contributed by atoms with Crippen LogP contribution in [0.1, 0.15) is 23.4 Å². The van der Waals surface area contributed by atoms with E-state index in [1.165, 1.54) is 6.92 Å². The van der Waals surface area contributed by atoms with Gasteiger partial charge in [-0.15, -0.1) is 0 Å². The monoisotopic (exact) mass is 385 g/mol. The van der Waals surface area contributed by atoms with E-state index < -0.39 is 10.0 Å². The molecule has 9 heteroatoms. The number of aromatic nitrogens is 1. The normalized spacial score (nSPS) is 11.5. The summed E-state index contributed by atoms with van der Waals surface area (Å²) in [6.45, 7) is 3.37. The Bertz CT molecular complexity index is 812. The molecule has 0 spiro atoms. The van der Waals surface area contributed by atoms with E-state index in [0.717, 1.165) is 5.56 Å². The van der Waals surface area contributed by atoms with Crippen LogP contribution < -0.4 is 10.0 Å². The summed E-state index contributed by atoms with van der Waals surface area (Å²) in [6, 6.07) is 7.29. The van der Waals surface area contributed by atoms with Crippen LogP contribution in [-0.2, 0) is 21.2 Å². The lowest BCUT2D eigenvalue weighted by atomic mass is 10.1. The molecular weight excluding hydrogens is 366 g/mol. The first-order valence-electron chi connectivity index (χ1n) is 7.73. The van der Waals surface area contributed by atoms with Crippen LogP contribution in [0.25, 0.3) is 0 Å². The molecule has 2 aromatic rings. The molecule has 0 saturated heterocycles. The van der Waals surface area contributed by atoms with Gasteiger partial charge in [0.05, 0.1) is 0 Å². The van der Waals surface area contributed by atoms with Crippen molar-refractivity contribution in [2.75, 3.05) is 13.1 Å². The van der Waals surface area contributed by atoms with E-state index in [1.807, 2.05) is 12.1 Å².